The minimum atomic E-state index is -0.364. The molecule has 0 aliphatic carbocycles. The van der Waals surface area contributed by atoms with Gasteiger partial charge in [0.1, 0.15) is 5.76 Å². The summed E-state index contributed by atoms with van der Waals surface area (Å²) in [4.78, 5) is 12.0. The van der Waals surface area contributed by atoms with E-state index in [1.807, 2.05) is 0 Å². The molecule has 0 saturated carbocycles. The molecule has 0 radical (unpaired) electrons. The number of benzene rings is 1. The van der Waals surface area contributed by atoms with Gasteiger partial charge in [0.25, 0.3) is 5.69 Å². The highest BCUT2D eigenvalue weighted by molar-refractivity contribution is 5.62. The van der Waals surface area contributed by atoms with E-state index in [1.165, 1.54) is 32.4 Å². The zero-order valence-corrected chi connectivity index (χ0v) is 14.5. The van der Waals surface area contributed by atoms with Crippen molar-refractivity contribution in [2.24, 2.45) is 11.8 Å². The summed E-state index contributed by atoms with van der Waals surface area (Å²) in [6.07, 6.45) is 7.36. The third kappa shape index (κ3) is 3.46. The Bertz CT molecular complexity index is 606. The van der Waals surface area contributed by atoms with Gasteiger partial charge in [-0.05, 0) is 49.8 Å². The van der Waals surface area contributed by atoms with E-state index in [2.05, 4.69) is 19.9 Å². The van der Waals surface area contributed by atoms with Crippen LogP contribution in [0.2, 0.25) is 0 Å². The Morgan fingerprint density at radius 3 is 2.46 bits per heavy atom. The van der Waals surface area contributed by atoms with E-state index in [0.29, 0.717) is 11.8 Å². The molecule has 130 valence electrons. The number of piperidine rings is 1. The number of nitro groups is 1. The van der Waals surface area contributed by atoms with Gasteiger partial charge in [0, 0.05) is 17.7 Å². The van der Waals surface area contributed by atoms with Gasteiger partial charge in [0.15, 0.2) is 0 Å². The molecular formula is C19H27N2O3+. The first-order valence-electron chi connectivity index (χ1n) is 9.08. The average molecular weight is 331 g/mol. The first kappa shape index (κ1) is 17.0. The second-order valence-corrected chi connectivity index (χ2v) is 7.02. The Hall–Kier alpha value is -1.88. The van der Waals surface area contributed by atoms with E-state index in [9.17, 15) is 10.1 Å². The summed E-state index contributed by atoms with van der Waals surface area (Å²) < 4.78 is 6.41. The van der Waals surface area contributed by atoms with E-state index in [1.54, 1.807) is 29.2 Å². The number of nitro benzene ring substituents is 1. The molecule has 2 heterocycles. The first-order valence-corrected chi connectivity index (χ1v) is 9.08. The van der Waals surface area contributed by atoms with Crippen LogP contribution < -0.4 is 4.90 Å². The minimum absolute atomic E-state index is 0.119. The fraction of sp³-hybridized carbons (Fsp3) is 0.579. The normalized spacial score (nSPS) is 28.1. The number of allylic oxidation sites excluding steroid dienone is 1. The molecule has 1 aromatic rings. The van der Waals surface area contributed by atoms with E-state index in [-0.39, 0.29) is 16.8 Å². The van der Waals surface area contributed by atoms with E-state index in [4.69, 9.17) is 4.74 Å². The second-order valence-electron chi connectivity index (χ2n) is 7.02. The molecule has 0 amide bonds. The number of nitrogens with zero attached hydrogens (tertiary/aromatic N) is 1. The Morgan fingerprint density at radius 2 is 1.88 bits per heavy atom. The number of nitrogens with one attached hydrogen (secondary N) is 1. The largest absolute Gasteiger partial charge is 0.442 e. The van der Waals surface area contributed by atoms with E-state index >= 15 is 0 Å². The Morgan fingerprint density at radius 1 is 1.21 bits per heavy atom. The number of hydrogen-bond donors (Lipinski definition) is 1. The van der Waals surface area contributed by atoms with Crippen LogP contribution in [0.4, 0.5) is 5.69 Å². The Labute approximate surface area is 143 Å². The van der Waals surface area contributed by atoms with Crippen LogP contribution >= 0.6 is 0 Å². The lowest BCUT2D eigenvalue weighted by Crippen LogP contribution is -3.17. The summed E-state index contributed by atoms with van der Waals surface area (Å²) in [5, 5.41) is 10.8. The van der Waals surface area contributed by atoms with Gasteiger partial charge in [0.05, 0.1) is 23.9 Å². The van der Waals surface area contributed by atoms with Crippen LogP contribution in [0.5, 0.6) is 0 Å². The molecule has 1 aromatic carbocycles. The van der Waals surface area contributed by atoms with Crippen molar-refractivity contribution in [2.45, 2.75) is 45.8 Å². The molecule has 0 bridgehead atoms. The summed E-state index contributed by atoms with van der Waals surface area (Å²) in [5.41, 5.74) is 1.06. The van der Waals surface area contributed by atoms with Gasteiger partial charge < -0.3 is 4.74 Å². The fourth-order valence-electron chi connectivity index (χ4n) is 4.00. The molecule has 2 aliphatic heterocycles. The summed E-state index contributed by atoms with van der Waals surface area (Å²) in [7, 11) is 0. The zero-order chi connectivity index (χ0) is 17.1. The van der Waals surface area contributed by atoms with Crippen LogP contribution in [-0.4, -0.2) is 24.2 Å². The Balaban J connectivity index is 1.84. The third-order valence-corrected chi connectivity index (χ3v) is 5.50. The lowest BCUT2D eigenvalue weighted by molar-refractivity contribution is -0.955. The summed E-state index contributed by atoms with van der Waals surface area (Å²) in [5.74, 6) is 1.87. The lowest BCUT2D eigenvalue weighted by Gasteiger charge is -2.40. The maximum absolute atomic E-state index is 10.8. The molecule has 24 heavy (non-hydrogen) atoms. The fourth-order valence-corrected chi connectivity index (χ4v) is 4.00. The smallest absolute Gasteiger partial charge is 0.269 e. The predicted octanol–water partition coefficient (Wildman–Crippen LogP) is 3.02. The van der Waals surface area contributed by atoms with Gasteiger partial charge in [0.2, 0.25) is 6.23 Å². The molecule has 0 spiro atoms. The van der Waals surface area contributed by atoms with Crippen LogP contribution in [0, 0.1) is 22.0 Å². The molecule has 1 N–H and O–H groups in total. The van der Waals surface area contributed by atoms with Gasteiger partial charge in [-0.2, -0.15) is 0 Å². The quantitative estimate of drug-likeness (QED) is 0.681. The van der Waals surface area contributed by atoms with Crippen molar-refractivity contribution < 1.29 is 14.6 Å². The van der Waals surface area contributed by atoms with Gasteiger partial charge in [-0.25, -0.2) is 0 Å². The van der Waals surface area contributed by atoms with Gasteiger partial charge in [-0.3, -0.25) is 15.0 Å². The van der Waals surface area contributed by atoms with E-state index in [0.717, 1.165) is 17.7 Å². The van der Waals surface area contributed by atoms with Gasteiger partial charge in [-0.15, -0.1) is 0 Å². The van der Waals surface area contributed by atoms with Crippen molar-refractivity contribution in [2.75, 3.05) is 13.1 Å². The van der Waals surface area contributed by atoms with Crippen LogP contribution in [-0.2, 0) is 4.74 Å². The van der Waals surface area contributed by atoms with Crippen molar-refractivity contribution in [3.8, 4) is 0 Å². The van der Waals surface area contributed by atoms with Crippen LogP contribution in [0.25, 0.3) is 5.76 Å². The molecule has 1 fully saturated rings. The molecule has 1 saturated heterocycles. The SMILES string of the molecule is CC[C@H]1C=C(c2ccc([N+](=O)[O-])cc2)O[C@@H]([NH+]2CCCCC2)[C@@H]1C. The van der Waals surface area contributed by atoms with Crippen molar-refractivity contribution in [1.29, 1.82) is 0 Å². The monoisotopic (exact) mass is 331 g/mol. The van der Waals surface area contributed by atoms with Crippen molar-refractivity contribution in [1.82, 2.24) is 0 Å². The lowest BCUT2D eigenvalue weighted by atomic mass is 9.85. The maximum atomic E-state index is 10.8. The zero-order valence-electron chi connectivity index (χ0n) is 14.5. The highest BCUT2D eigenvalue weighted by Gasteiger charge is 2.38. The minimum Gasteiger partial charge on any atom is -0.442 e. The summed E-state index contributed by atoms with van der Waals surface area (Å²) in [6.45, 7) is 6.88. The average Bonchev–Trinajstić information content (AvgIpc) is 2.62. The number of non-ortho nitro benzene ring substituents is 1. The number of quaternary nitrogens is 1. The summed E-state index contributed by atoms with van der Waals surface area (Å²) >= 11 is 0. The molecule has 3 rings (SSSR count). The molecule has 5 heteroatoms. The molecule has 0 unspecified atom stereocenters. The Kier molecular flexibility index (Phi) is 5.19. The standard InChI is InChI=1S/C19H26N2O3/c1-3-15-13-18(16-7-9-17(10-8-16)21(22)23)24-19(14(15)2)20-11-5-4-6-12-20/h7-10,13-15,19H,3-6,11-12H2,1-2H3/p+1/t14-,15+,19-/m1/s1. The molecule has 3 atom stereocenters. The van der Waals surface area contributed by atoms with Crippen molar-refractivity contribution >= 4 is 11.4 Å². The first-order chi connectivity index (χ1) is 11.6. The van der Waals surface area contributed by atoms with Gasteiger partial charge in [-0.1, -0.05) is 13.8 Å². The number of rotatable bonds is 4. The maximum Gasteiger partial charge on any atom is 0.269 e. The molecule has 5 nitrogen and oxygen atoms in total. The van der Waals surface area contributed by atoms with Crippen LogP contribution in [0.3, 0.4) is 0 Å². The molecule has 2 aliphatic rings. The number of ether oxygens (including phenoxy) is 1. The second kappa shape index (κ2) is 7.34. The van der Waals surface area contributed by atoms with Gasteiger partial charge >= 0.3 is 0 Å². The predicted molar refractivity (Wildman–Crippen MR) is 93.4 cm³/mol. The number of likely N-dealkylation sites (tertiary alicyclic amines) is 1. The highest BCUT2D eigenvalue weighted by atomic mass is 16.6. The topological polar surface area (TPSA) is 56.8 Å². The van der Waals surface area contributed by atoms with Crippen LogP contribution in [0.15, 0.2) is 30.3 Å². The van der Waals surface area contributed by atoms with Crippen molar-refractivity contribution in [3.05, 3.63) is 46.0 Å². The third-order valence-electron chi connectivity index (χ3n) is 5.50. The van der Waals surface area contributed by atoms with Crippen molar-refractivity contribution in [3.63, 3.8) is 0 Å². The summed E-state index contributed by atoms with van der Waals surface area (Å²) in [6, 6.07) is 6.72. The molecular weight excluding hydrogens is 304 g/mol. The highest BCUT2D eigenvalue weighted by Crippen LogP contribution is 2.33. The van der Waals surface area contributed by atoms with E-state index < -0.39 is 0 Å². The number of hydrogen-bond acceptors (Lipinski definition) is 3. The molecule has 0 aromatic heterocycles. The van der Waals surface area contributed by atoms with Crippen LogP contribution in [0.1, 0.15) is 45.1 Å².